The van der Waals surface area contributed by atoms with Crippen molar-refractivity contribution in [2.75, 3.05) is 6.26 Å². The fourth-order valence-electron chi connectivity index (χ4n) is 3.49. The van der Waals surface area contributed by atoms with Gasteiger partial charge in [-0.05, 0) is 56.2 Å². The molecule has 0 aliphatic heterocycles. The molecular weight excluding hydrogens is 391 g/mol. The molecule has 0 unspecified atom stereocenters. The second-order valence-electron chi connectivity index (χ2n) is 7.40. The van der Waals surface area contributed by atoms with E-state index in [1.165, 1.54) is 12.1 Å². The van der Waals surface area contributed by atoms with E-state index in [9.17, 15) is 12.8 Å². The van der Waals surface area contributed by atoms with Crippen molar-refractivity contribution in [3.63, 3.8) is 0 Å². The second kappa shape index (κ2) is 7.89. The first-order chi connectivity index (χ1) is 12.6. The van der Waals surface area contributed by atoms with Crippen molar-refractivity contribution in [1.29, 1.82) is 0 Å². The number of H-pyrrole nitrogens is 1. The zero-order chi connectivity index (χ0) is 19.8. The third-order valence-corrected chi connectivity index (χ3v) is 6.39. The predicted molar refractivity (Wildman–Crippen MR) is 102 cm³/mol. The van der Waals surface area contributed by atoms with Crippen LogP contribution in [-0.2, 0) is 14.6 Å². The largest absolute Gasteiger partial charge is 0.362 e. The Balaban J connectivity index is 1.98. The first kappa shape index (κ1) is 20.3. The number of halogens is 2. The van der Waals surface area contributed by atoms with Gasteiger partial charge in [0.15, 0.2) is 14.9 Å². The standard InChI is InChI=1S/C19H24ClFN2O3S/c1-11-4-7-14(8-5-11)26-17(13-6-9-16(21)15(20)10-13)18-22-12(2)19(23-18)27(3,24)25/h6,9-11,14,17H,4-5,7-8H2,1-3H3,(H,22,23)/t11?,14?,17-/m1/s1. The molecule has 8 heteroatoms. The van der Waals surface area contributed by atoms with Gasteiger partial charge in [-0.3, -0.25) is 0 Å². The topological polar surface area (TPSA) is 72.0 Å². The molecule has 1 aliphatic carbocycles. The molecule has 1 aromatic heterocycles. The molecule has 3 rings (SSSR count). The van der Waals surface area contributed by atoms with Gasteiger partial charge in [-0.1, -0.05) is 24.6 Å². The number of nitrogens with zero attached hydrogens (tertiary/aromatic N) is 1. The summed E-state index contributed by atoms with van der Waals surface area (Å²) >= 11 is 5.96. The minimum absolute atomic E-state index is 0.00317. The number of nitrogens with one attached hydrogen (secondary N) is 1. The Morgan fingerprint density at radius 1 is 1.30 bits per heavy atom. The Morgan fingerprint density at radius 2 is 1.96 bits per heavy atom. The Labute approximate surface area is 164 Å². The summed E-state index contributed by atoms with van der Waals surface area (Å²) in [6.45, 7) is 3.88. The Kier molecular flexibility index (Phi) is 5.93. The number of rotatable bonds is 5. The van der Waals surface area contributed by atoms with Gasteiger partial charge < -0.3 is 9.72 Å². The van der Waals surface area contributed by atoms with Crippen molar-refractivity contribution in [2.24, 2.45) is 5.92 Å². The molecule has 0 spiro atoms. The van der Waals surface area contributed by atoms with Crippen LogP contribution in [0.25, 0.3) is 0 Å². The van der Waals surface area contributed by atoms with E-state index in [-0.39, 0.29) is 16.2 Å². The fourth-order valence-corrected chi connectivity index (χ4v) is 4.55. The molecule has 1 N–H and O–H groups in total. The van der Waals surface area contributed by atoms with Gasteiger partial charge in [-0.15, -0.1) is 0 Å². The molecule has 1 saturated carbocycles. The van der Waals surface area contributed by atoms with Gasteiger partial charge in [0.1, 0.15) is 17.7 Å². The number of aryl methyl sites for hydroxylation is 1. The summed E-state index contributed by atoms with van der Waals surface area (Å²) in [5, 5.41) is -0.0124. The molecule has 148 valence electrons. The Morgan fingerprint density at radius 3 is 2.52 bits per heavy atom. The summed E-state index contributed by atoms with van der Waals surface area (Å²) in [5.74, 6) is 0.540. The Hall–Kier alpha value is -1.44. The van der Waals surface area contributed by atoms with Crippen molar-refractivity contribution in [1.82, 2.24) is 9.97 Å². The van der Waals surface area contributed by atoms with Crippen molar-refractivity contribution >= 4 is 21.4 Å². The molecule has 2 aromatic rings. The highest BCUT2D eigenvalue weighted by atomic mass is 35.5. The van der Waals surface area contributed by atoms with E-state index in [0.29, 0.717) is 23.0 Å². The van der Waals surface area contributed by atoms with Crippen LogP contribution in [-0.4, -0.2) is 30.7 Å². The molecule has 1 aromatic carbocycles. The fraction of sp³-hybridized carbons (Fsp3) is 0.526. The van der Waals surface area contributed by atoms with Crippen LogP contribution in [0.1, 0.15) is 55.8 Å². The van der Waals surface area contributed by atoms with E-state index in [4.69, 9.17) is 16.3 Å². The lowest BCUT2D eigenvalue weighted by Gasteiger charge is -2.29. The zero-order valence-electron chi connectivity index (χ0n) is 15.6. The number of aromatic amines is 1. The first-order valence-corrected chi connectivity index (χ1v) is 11.3. The van der Waals surface area contributed by atoms with Crippen LogP contribution in [0.2, 0.25) is 5.02 Å². The van der Waals surface area contributed by atoms with Crippen LogP contribution in [0.3, 0.4) is 0 Å². The van der Waals surface area contributed by atoms with E-state index >= 15 is 0 Å². The molecule has 1 heterocycles. The number of hydrogen-bond donors (Lipinski definition) is 1. The summed E-state index contributed by atoms with van der Waals surface area (Å²) in [6.07, 6.45) is 4.50. The molecule has 0 bridgehead atoms. The molecule has 27 heavy (non-hydrogen) atoms. The maximum atomic E-state index is 13.6. The number of aromatic nitrogens is 2. The van der Waals surface area contributed by atoms with Crippen LogP contribution in [0, 0.1) is 18.7 Å². The maximum absolute atomic E-state index is 13.6. The normalized spacial score (nSPS) is 22.0. The smallest absolute Gasteiger partial charge is 0.194 e. The van der Waals surface area contributed by atoms with E-state index in [0.717, 1.165) is 31.9 Å². The summed E-state index contributed by atoms with van der Waals surface area (Å²) < 4.78 is 43.8. The molecule has 0 amide bonds. The van der Waals surface area contributed by atoms with Crippen LogP contribution >= 0.6 is 11.6 Å². The monoisotopic (exact) mass is 414 g/mol. The first-order valence-electron chi connectivity index (χ1n) is 9.02. The molecule has 5 nitrogen and oxygen atoms in total. The van der Waals surface area contributed by atoms with Gasteiger partial charge in [0.25, 0.3) is 0 Å². The number of imidazole rings is 1. The summed E-state index contributed by atoms with van der Waals surface area (Å²) in [6, 6.07) is 4.38. The average Bonchev–Trinajstić information content (AvgIpc) is 2.99. The Bertz CT molecular complexity index is 921. The van der Waals surface area contributed by atoms with Crippen LogP contribution in [0.4, 0.5) is 4.39 Å². The van der Waals surface area contributed by atoms with Gasteiger partial charge in [-0.2, -0.15) is 0 Å². The van der Waals surface area contributed by atoms with E-state index in [1.54, 1.807) is 13.0 Å². The van der Waals surface area contributed by atoms with Gasteiger partial charge in [0.05, 0.1) is 16.8 Å². The van der Waals surface area contributed by atoms with Crippen molar-refractivity contribution in [3.05, 3.63) is 46.1 Å². The maximum Gasteiger partial charge on any atom is 0.194 e. The van der Waals surface area contributed by atoms with Gasteiger partial charge in [0, 0.05) is 6.26 Å². The second-order valence-corrected chi connectivity index (χ2v) is 9.73. The van der Waals surface area contributed by atoms with E-state index in [1.807, 2.05) is 0 Å². The van der Waals surface area contributed by atoms with Crippen LogP contribution in [0.15, 0.2) is 23.2 Å². The van der Waals surface area contributed by atoms with Crippen molar-refractivity contribution in [3.8, 4) is 0 Å². The molecule has 1 aliphatic rings. The quantitative estimate of drug-likeness (QED) is 0.776. The minimum Gasteiger partial charge on any atom is -0.362 e. The summed E-state index contributed by atoms with van der Waals surface area (Å²) in [5.41, 5.74) is 1.08. The van der Waals surface area contributed by atoms with Gasteiger partial charge in [-0.25, -0.2) is 17.8 Å². The SMILES string of the molecule is Cc1[nH]c([C@H](OC2CCC(C)CC2)c2ccc(F)c(Cl)c2)nc1S(C)(=O)=O. The number of hydrogen-bond acceptors (Lipinski definition) is 4. The highest BCUT2D eigenvalue weighted by Gasteiger charge is 2.28. The summed E-state index contributed by atoms with van der Waals surface area (Å²) in [7, 11) is -3.47. The number of benzene rings is 1. The van der Waals surface area contributed by atoms with Gasteiger partial charge in [0.2, 0.25) is 0 Å². The summed E-state index contributed by atoms with van der Waals surface area (Å²) in [4.78, 5) is 7.32. The van der Waals surface area contributed by atoms with E-state index in [2.05, 4.69) is 16.9 Å². The lowest BCUT2D eigenvalue weighted by atomic mass is 9.89. The number of sulfone groups is 1. The molecule has 1 atom stereocenters. The lowest BCUT2D eigenvalue weighted by molar-refractivity contribution is -0.0218. The highest BCUT2D eigenvalue weighted by Crippen LogP contribution is 2.34. The third-order valence-electron chi connectivity index (χ3n) is 5.00. The van der Waals surface area contributed by atoms with Crippen molar-refractivity contribution in [2.45, 2.75) is 56.8 Å². The highest BCUT2D eigenvalue weighted by molar-refractivity contribution is 7.90. The average molecular weight is 415 g/mol. The predicted octanol–water partition coefficient (Wildman–Crippen LogP) is 4.60. The van der Waals surface area contributed by atoms with E-state index < -0.39 is 21.8 Å². The van der Waals surface area contributed by atoms with Crippen molar-refractivity contribution < 1.29 is 17.5 Å². The van der Waals surface area contributed by atoms with Crippen LogP contribution < -0.4 is 0 Å². The third kappa shape index (κ3) is 4.70. The number of ether oxygens (including phenoxy) is 1. The molecular formula is C19H24ClFN2O3S. The van der Waals surface area contributed by atoms with Crippen LogP contribution in [0.5, 0.6) is 0 Å². The zero-order valence-corrected chi connectivity index (χ0v) is 17.2. The lowest BCUT2D eigenvalue weighted by Crippen LogP contribution is -2.24. The molecule has 1 fully saturated rings. The molecule has 0 radical (unpaired) electrons. The van der Waals surface area contributed by atoms with Gasteiger partial charge >= 0.3 is 0 Å². The molecule has 0 saturated heterocycles. The minimum atomic E-state index is -3.47.